The average Bonchev–Trinajstić information content (AvgIpc) is 2.02. The first-order valence-electron chi connectivity index (χ1n) is 4.00. The van der Waals surface area contributed by atoms with Gasteiger partial charge in [0.25, 0.3) is 0 Å². The van der Waals surface area contributed by atoms with Gasteiger partial charge in [0.2, 0.25) is 0 Å². The third kappa shape index (κ3) is 5.66. The van der Waals surface area contributed by atoms with Crippen LogP contribution in [-0.4, -0.2) is 21.2 Å². The Morgan fingerprint density at radius 1 is 1.38 bits per heavy atom. The van der Waals surface area contributed by atoms with Crippen LogP contribution in [0.1, 0.15) is 0 Å². The first-order chi connectivity index (χ1) is 5.88. The molecule has 4 heteroatoms. The lowest BCUT2D eigenvalue weighted by Crippen LogP contribution is -2.20. The number of hydrogen-bond donors (Lipinski definition) is 0. The maximum absolute atomic E-state index is 10.7. The van der Waals surface area contributed by atoms with Crippen molar-refractivity contribution in [1.29, 1.82) is 0 Å². The molecule has 0 saturated heterocycles. The van der Waals surface area contributed by atoms with Crippen LogP contribution in [0.2, 0.25) is 19.6 Å². The topological polar surface area (TPSA) is 26.3 Å². The second-order valence-electron chi connectivity index (χ2n) is 3.65. The van der Waals surface area contributed by atoms with Crippen molar-refractivity contribution in [3.05, 3.63) is 22.9 Å². The van der Waals surface area contributed by atoms with E-state index < -0.39 is 8.07 Å². The molecule has 0 aromatic rings. The minimum Gasteiger partial charge on any atom is -0.466 e. The number of esters is 1. The van der Waals surface area contributed by atoms with Gasteiger partial charge in [-0.05, 0) is 0 Å². The molecule has 0 aliphatic rings. The number of methoxy groups -OCH3 is 1. The van der Waals surface area contributed by atoms with Gasteiger partial charge in [-0.25, -0.2) is 4.79 Å². The van der Waals surface area contributed by atoms with Crippen LogP contribution in [0.25, 0.3) is 0 Å². The summed E-state index contributed by atoms with van der Waals surface area (Å²) < 4.78 is 5.27. The first kappa shape index (κ1) is 12.5. The molecule has 0 aromatic carbocycles. The van der Waals surface area contributed by atoms with Gasteiger partial charge in [-0.2, -0.15) is 0 Å². The second kappa shape index (κ2) is 5.24. The molecule has 0 aliphatic carbocycles. The van der Waals surface area contributed by atoms with Crippen LogP contribution in [0, 0.1) is 0 Å². The summed E-state index contributed by atoms with van der Waals surface area (Å²) in [6.07, 6.45) is 4.72. The number of rotatable bonds is 3. The molecule has 0 saturated carbocycles. The van der Waals surface area contributed by atoms with Crippen LogP contribution in [0.4, 0.5) is 0 Å². The van der Waals surface area contributed by atoms with E-state index in [2.05, 4.69) is 24.4 Å². The summed E-state index contributed by atoms with van der Waals surface area (Å²) >= 11 is 6.00. The molecule has 0 aliphatic heterocycles. The number of carbonyl (C=O) groups excluding carboxylic acids is 1. The minimum absolute atomic E-state index is 0.365. The van der Waals surface area contributed by atoms with Gasteiger partial charge < -0.3 is 4.74 Å². The quantitative estimate of drug-likeness (QED) is 0.315. The Morgan fingerprint density at radius 3 is 2.31 bits per heavy atom. The van der Waals surface area contributed by atoms with E-state index in [1.807, 2.05) is 0 Å². The number of hydrogen-bond acceptors (Lipinski definition) is 2. The van der Waals surface area contributed by atoms with E-state index in [1.165, 1.54) is 13.2 Å². The maximum Gasteiger partial charge on any atom is 0.330 e. The molecule has 0 heterocycles. The first-order valence-corrected chi connectivity index (χ1v) is 7.88. The summed E-state index contributed by atoms with van der Waals surface area (Å²) in [6, 6.07) is 0. The molecule has 0 N–H and O–H groups in total. The zero-order valence-electron chi connectivity index (χ0n) is 8.43. The van der Waals surface area contributed by atoms with E-state index in [0.717, 1.165) is 4.66 Å². The lowest BCUT2D eigenvalue weighted by Gasteiger charge is -2.13. The van der Waals surface area contributed by atoms with Crippen LogP contribution >= 0.6 is 11.6 Å². The van der Waals surface area contributed by atoms with E-state index in [9.17, 15) is 4.79 Å². The zero-order valence-corrected chi connectivity index (χ0v) is 10.2. The fraction of sp³-hybridized carbons (Fsp3) is 0.444. The summed E-state index contributed by atoms with van der Waals surface area (Å²) in [4.78, 5) is 10.7. The van der Waals surface area contributed by atoms with Crippen LogP contribution in [0.5, 0.6) is 0 Å². The highest BCUT2D eigenvalue weighted by Gasteiger charge is 2.16. The lowest BCUT2D eigenvalue weighted by molar-refractivity contribution is -0.134. The molecule has 0 bridgehead atoms. The highest BCUT2D eigenvalue weighted by Crippen LogP contribution is 2.17. The molecule has 0 fully saturated rings. The van der Waals surface area contributed by atoms with Crippen LogP contribution in [0.3, 0.4) is 0 Å². The van der Waals surface area contributed by atoms with Crippen molar-refractivity contribution in [3.8, 4) is 0 Å². The molecule has 0 amide bonds. The highest BCUT2D eigenvalue weighted by atomic mass is 35.5. The standard InChI is InChI=1S/C9H15ClO2Si/c1-12-9(11)7-5-6-8(10)13(2,3)4/h5-7H,1-4H3/b7-5+,8-6+. The van der Waals surface area contributed by atoms with Crippen molar-refractivity contribution in [2.45, 2.75) is 19.6 Å². The summed E-state index contributed by atoms with van der Waals surface area (Å²) in [5, 5.41) is 0. The van der Waals surface area contributed by atoms with Gasteiger partial charge in [-0.1, -0.05) is 43.4 Å². The molecule has 2 nitrogen and oxygen atoms in total. The minimum atomic E-state index is -1.42. The Labute approximate surface area is 85.2 Å². The molecule has 74 valence electrons. The van der Waals surface area contributed by atoms with Crippen LogP contribution < -0.4 is 0 Å². The smallest absolute Gasteiger partial charge is 0.330 e. The maximum atomic E-state index is 10.7. The van der Waals surface area contributed by atoms with Crippen LogP contribution in [-0.2, 0) is 9.53 Å². The molecule has 0 spiro atoms. The average molecular weight is 219 g/mol. The van der Waals surface area contributed by atoms with Crippen molar-refractivity contribution < 1.29 is 9.53 Å². The Bertz CT molecular complexity index is 238. The Kier molecular flexibility index (Phi) is 5.02. The Hall–Kier alpha value is -0.543. The largest absolute Gasteiger partial charge is 0.466 e. The van der Waals surface area contributed by atoms with E-state index in [0.29, 0.717) is 0 Å². The molecule has 0 rings (SSSR count). The molecule has 0 aromatic heterocycles. The van der Waals surface area contributed by atoms with E-state index in [4.69, 9.17) is 11.6 Å². The van der Waals surface area contributed by atoms with Crippen molar-refractivity contribution in [2.24, 2.45) is 0 Å². The second-order valence-corrected chi connectivity index (χ2v) is 9.41. The van der Waals surface area contributed by atoms with Gasteiger partial charge in [0.1, 0.15) is 0 Å². The van der Waals surface area contributed by atoms with Gasteiger partial charge in [-0.3, -0.25) is 0 Å². The van der Waals surface area contributed by atoms with Crippen LogP contribution in [0.15, 0.2) is 22.9 Å². The third-order valence-electron chi connectivity index (χ3n) is 1.39. The van der Waals surface area contributed by atoms with E-state index >= 15 is 0 Å². The van der Waals surface area contributed by atoms with Crippen molar-refractivity contribution in [1.82, 2.24) is 0 Å². The van der Waals surface area contributed by atoms with Gasteiger partial charge in [-0.15, -0.1) is 0 Å². The summed E-state index contributed by atoms with van der Waals surface area (Å²) in [5.41, 5.74) is 0. The molecule has 0 atom stereocenters. The van der Waals surface area contributed by atoms with E-state index in [1.54, 1.807) is 12.2 Å². The summed E-state index contributed by atoms with van der Waals surface area (Å²) in [6.45, 7) is 6.41. The lowest BCUT2D eigenvalue weighted by atomic mass is 10.5. The van der Waals surface area contributed by atoms with Gasteiger partial charge in [0.15, 0.2) is 0 Å². The predicted octanol–water partition coefficient (Wildman–Crippen LogP) is 2.72. The Balaban J connectivity index is 4.28. The van der Waals surface area contributed by atoms with E-state index in [-0.39, 0.29) is 5.97 Å². The third-order valence-corrected chi connectivity index (χ3v) is 4.82. The number of halogens is 1. The fourth-order valence-electron chi connectivity index (χ4n) is 0.529. The summed E-state index contributed by atoms with van der Waals surface area (Å²) in [7, 11) is -0.0759. The molecular weight excluding hydrogens is 204 g/mol. The number of allylic oxidation sites excluding steroid dienone is 2. The van der Waals surface area contributed by atoms with Crippen molar-refractivity contribution >= 4 is 25.6 Å². The van der Waals surface area contributed by atoms with Gasteiger partial charge in [0.05, 0.1) is 15.2 Å². The highest BCUT2D eigenvalue weighted by molar-refractivity contribution is 6.91. The fourth-order valence-corrected chi connectivity index (χ4v) is 1.20. The van der Waals surface area contributed by atoms with Crippen molar-refractivity contribution in [2.75, 3.05) is 7.11 Å². The normalized spacial score (nSPS) is 13.5. The molecule has 0 radical (unpaired) electrons. The molecular formula is C9H15ClO2Si. The zero-order chi connectivity index (χ0) is 10.5. The van der Waals surface area contributed by atoms with Gasteiger partial charge >= 0.3 is 5.97 Å². The number of carbonyl (C=O) groups is 1. The molecule has 13 heavy (non-hydrogen) atoms. The monoisotopic (exact) mass is 218 g/mol. The van der Waals surface area contributed by atoms with Gasteiger partial charge in [0, 0.05) is 10.7 Å². The predicted molar refractivity (Wildman–Crippen MR) is 58.4 cm³/mol. The number of ether oxygens (including phenoxy) is 1. The Morgan fingerprint density at radius 2 is 1.92 bits per heavy atom. The molecule has 0 unspecified atom stereocenters. The SMILES string of the molecule is COC(=O)/C=C/C=C(\Cl)[Si](C)(C)C. The summed E-state index contributed by atoms with van der Waals surface area (Å²) in [5.74, 6) is -0.365. The van der Waals surface area contributed by atoms with Crippen molar-refractivity contribution in [3.63, 3.8) is 0 Å².